The summed E-state index contributed by atoms with van der Waals surface area (Å²) < 4.78 is 6.65. The summed E-state index contributed by atoms with van der Waals surface area (Å²) in [7, 11) is 0. The summed E-state index contributed by atoms with van der Waals surface area (Å²) in [5.74, 6) is -0.321. The topological polar surface area (TPSA) is 74.1 Å². The highest BCUT2D eigenvalue weighted by Gasteiger charge is 2.18. The fraction of sp³-hybridized carbons (Fsp3) is 0.111. The summed E-state index contributed by atoms with van der Waals surface area (Å²) in [5, 5.41) is 4.69. The van der Waals surface area contributed by atoms with Crippen molar-refractivity contribution in [2.75, 3.05) is 6.61 Å². The van der Waals surface area contributed by atoms with Gasteiger partial charge in [-0.1, -0.05) is 17.7 Å². The predicted octanol–water partition coefficient (Wildman–Crippen LogP) is 3.27. The number of carbonyl (C=O) groups is 2. The minimum absolute atomic E-state index is 0.287. The Morgan fingerprint density at radius 2 is 1.92 bits per heavy atom. The molecule has 0 radical (unpaired) electrons. The molecule has 0 aliphatic rings. The van der Waals surface area contributed by atoms with Gasteiger partial charge in [-0.05, 0) is 43.3 Å². The lowest BCUT2D eigenvalue weighted by Crippen LogP contribution is -2.15. The first-order valence-electron chi connectivity index (χ1n) is 7.48. The second-order valence-corrected chi connectivity index (χ2v) is 5.69. The van der Waals surface area contributed by atoms with Gasteiger partial charge in [-0.2, -0.15) is 5.10 Å². The third kappa shape index (κ3) is 3.75. The first-order valence-corrected chi connectivity index (χ1v) is 7.86. The molecule has 2 heterocycles. The van der Waals surface area contributed by atoms with Gasteiger partial charge >= 0.3 is 5.97 Å². The number of hydrogen-bond acceptors (Lipinski definition) is 5. The van der Waals surface area contributed by atoms with Gasteiger partial charge in [-0.3, -0.25) is 4.79 Å². The van der Waals surface area contributed by atoms with Crippen molar-refractivity contribution >= 4 is 23.4 Å². The van der Waals surface area contributed by atoms with Crippen LogP contribution in [0.4, 0.5) is 0 Å². The first-order chi connectivity index (χ1) is 12.1. The van der Waals surface area contributed by atoms with E-state index in [9.17, 15) is 9.59 Å². The highest BCUT2D eigenvalue weighted by atomic mass is 35.5. The molecule has 0 atom stereocenters. The molecular weight excluding hydrogens is 342 g/mol. The molecule has 0 aliphatic heterocycles. The zero-order valence-corrected chi connectivity index (χ0v) is 14.1. The van der Waals surface area contributed by atoms with E-state index in [1.807, 2.05) is 6.07 Å². The van der Waals surface area contributed by atoms with E-state index in [2.05, 4.69) is 10.1 Å². The van der Waals surface area contributed by atoms with Crippen LogP contribution in [0.5, 0.6) is 0 Å². The van der Waals surface area contributed by atoms with Crippen molar-refractivity contribution in [1.29, 1.82) is 0 Å². The lowest BCUT2D eigenvalue weighted by atomic mass is 10.1. The molecule has 0 bridgehead atoms. The van der Waals surface area contributed by atoms with Crippen molar-refractivity contribution in [2.45, 2.75) is 6.92 Å². The van der Waals surface area contributed by atoms with Gasteiger partial charge in [0.05, 0.1) is 11.9 Å². The van der Waals surface area contributed by atoms with Crippen LogP contribution >= 0.6 is 11.6 Å². The molecule has 0 amide bonds. The number of ketones is 1. The number of rotatable bonds is 5. The third-order valence-corrected chi connectivity index (χ3v) is 3.85. The molecular formula is C18H14ClN3O3. The Kier molecular flexibility index (Phi) is 4.90. The van der Waals surface area contributed by atoms with Crippen molar-refractivity contribution in [2.24, 2.45) is 0 Å². The number of carbonyl (C=O) groups excluding carboxylic acids is 2. The summed E-state index contributed by atoms with van der Waals surface area (Å²) in [6.07, 6.45) is 3.04. The molecule has 3 aromatic rings. The number of pyridine rings is 1. The Bertz CT molecular complexity index is 905. The largest absolute Gasteiger partial charge is 0.454 e. The number of benzene rings is 1. The molecule has 25 heavy (non-hydrogen) atoms. The molecule has 6 nitrogen and oxygen atoms in total. The highest BCUT2D eigenvalue weighted by Crippen LogP contribution is 2.14. The number of halogens is 1. The van der Waals surface area contributed by atoms with Crippen LogP contribution in [0.1, 0.15) is 26.4 Å². The molecule has 7 heteroatoms. The van der Waals surface area contributed by atoms with Crippen molar-refractivity contribution in [3.63, 3.8) is 0 Å². The molecule has 0 saturated carbocycles. The highest BCUT2D eigenvalue weighted by molar-refractivity contribution is 6.30. The van der Waals surface area contributed by atoms with Crippen LogP contribution in [0.3, 0.4) is 0 Å². The fourth-order valence-corrected chi connectivity index (χ4v) is 2.37. The minimum atomic E-state index is -0.609. The van der Waals surface area contributed by atoms with Gasteiger partial charge in [0.25, 0.3) is 0 Å². The van der Waals surface area contributed by atoms with Gasteiger partial charge in [0, 0.05) is 16.8 Å². The van der Waals surface area contributed by atoms with Crippen LogP contribution in [0.25, 0.3) is 5.82 Å². The van der Waals surface area contributed by atoms with E-state index >= 15 is 0 Å². The molecule has 0 saturated heterocycles. The normalized spacial score (nSPS) is 10.5. The number of ether oxygens (including phenoxy) is 1. The van der Waals surface area contributed by atoms with Crippen molar-refractivity contribution in [1.82, 2.24) is 14.8 Å². The lowest BCUT2D eigenvalue weighted by Gasteiger charge is -2.05. The molecule has 0 spiro atoms. The maximum Gasteiger partial charge on any atom is 0.342 e. The second kappa shape index (κ2) is 7.27. The van der Waals surface area contributed by atoms with Crippen molar-refractivity contribution < 1.29 is 14.3 Å². The third-order valence-electron chi connectivity index (χ3n) is 3.60. The maximum atomic E-state index is 12.2. The van der Waals surface area contributed by atoms with Crippen molar-refractivity contribution in [3.8, 4) is 5.82 Å². The van der Waals surface area contributed by atoms with E-state index in [-0.39, 0.29) is 18.0 Å². The van der Waals surface area contributed by atoms with Gasteiger partial charge in [-0.15, -0.1) is 0 Å². The number of esters is 1. The van der Waals surface area contributed by atoms with Gasteiger partial charge in [-0.25, -0.2) is 14.5 Å². The van der Waals surface area contributed by atoms with E-state index in [4.69, 9.17) is 16.3 Å². The summed E-state index contributed by atoms with van der Waals surface area (Å²) in [5.41, 5.74) is 1.30. The van der Waals surface area contributed by atoms with Gasteiger partial charge in [0.15, 0.2) is 18.2 Å². The van der Waals surface area contributed by atoms with Crippen LogP contribution in [-0.2, 0) is 4.74 Å². The Morgan fingerprint density at radius 3 is 2.60 bits per heavy atom. The van der Waals surface area contributed by atoms with Crippen LogP contribution in [0, 0.1) is 6.92 Å². The molecule has 0 fully saturated rings. The second-order valence-electron chi connectivity index (χ2n) is 5.25. The number of nitrogens with zero attached hydrogens (tertiary/aromatic N) is 3. The van der Waals surface area contributed by atoms with Crippen LogP contribution in [0.2, 0.25) is 5.02 Å². The Morgan fingerprint density at radius 1 is 1.16 bits per heavy atom. The average molecular weight is 356 g/mol. The predicted molar refractivity (Wildman–Crippen MR) is 92.2 cm³/mol. The van der Waals surface area contributed by atoms with E-state index in [1.165, 1.54) is 10.9 Å². The fourth-order valence-electron chi connectivity index (χ4n) is 2.25. The Hall–Kier alpha value is -2.99. The average Bonchev–Trinajstić information content (AvgIpc) is 3.02. The van der Waals surface area contributed by atoms with Gasteiger partial charge in [0.1, 0.15) is 5.56 Å². The van der Waals surface area contributed by atoms with Crippen LogP contribution < -0.4 is 0 Å². The summed E-state index contributed by atoms with van der Waals surface area (Å²) >= 11 is 5.78. The first kappa shape index (κ1) is 16.9. The molecule has 1 aromatic carbocycles. The van der Waals surface area contributed by atoms with E-state index < -0.39 is 5.97 Å². The monoisotopic (exact) mass is 355 g/mol. The lowest BCUT2D eigenvalue weighted by molar-refractivity contribution is 0.0474. The quantitative estimate of drug-likeness (QED) is 0.518. The molecule has 0 aliphatic carbocycles. The Labute approximate surface area is 149 Å². The van der Waals surface area contributed by atoms with Crippen molar-refractivity contribution in [3.05, 3.63) is 76.7 Å². The number of hydrogen-bond donors (Lipinski definition) is 0. The number of Topliss-reactive ketones (excluding diaryl/α,β-unsaturated/α-hetero) is 1. The summed E-state index contributed by atoms with van der Waals surface area (Å²) in [6.45, 7) is 1.38. The molecule has 0 N–H and O–H groups in total. The zero-order chi connectivity index (χ0) is 17.8. The Balaban J connectivity index is 1.69. The standard InChI is InChI=1S/C18H14ClN3O3/c1-12-15(10-21-22(12)17-4-2-3-9-20-17)18(24)25-11-16(23)13-5-7-14(19)8-6-13/h2-10H,11H2,1H3. The minimum Gasteiger partial charge on any atom is -0.454 e. The molecule has 2 aromatic heterocycles. The van der Waals surface area contributed by atoms with Crippen LogP contribution in [-0.4, -0.2) is 33.1 Å². The van der Waals surface area contributed by atoms with Gasteiger partial charge < -0.3 is 4.74 Å². The number of aromatic nitrogens is 3. The maximum absolute atomic E-state index is 12.2. The van der Waals surface area contributed by atoms with Crippen LogP contribution in [0.15, 0.2) is 54.9 Å². The van der Waals surface area contributed by atoms with E-state index in [0.29, 0.717) is 22.1 Å². The molecule has 3 rings (SSSR count). The summed E-state index contributed by atoms with van der Waals surface area (Å²) in [4.78, 5) is 28.5. The molecule has 0 unspecified atom stereocenters. The van der Waals surface area contributed by atoms with E-state index in [0.717, 1.165) is 0 Å². The van der Waals surface area contributed by atoms with E-state index in [1.54, 1.807) is 49.5 Å². The smallest absolute Gasteiger partial charge is 0.342 e. The zero-order valence-electron chi connectivity index (χ0n) is 13.3. The summed E-state index contributed by atoms with van der Waals surface area (Å²) in [6, 6.07) is 11.8. The SMILES string of the molecule is Cc1c(C(=O)OCC(=O)c2ccc(Cl)cc2)cnn1-c1ccccn1. The van der Waals surface area contributed by atoms with Gasteiger partial charge in [0.2, 0.25) is 0 Å². The molecule has 126 valence electrons.